The van der Waals surface area contributed by atoms with Crippen LogP contribution in [0.25, 0.3) is 0 Å². The van der Waals surface area contributed by atoms with Crippen LogP contribution in [0.2, 0.25) is 0 Å². The van der Waals surface area contributed by atoms with E-state index >= 15 is 0 Å². The van der Waals surface area contributed by atoms with Gasteiger partial charge in [-0.1, -0.05) is 17.4 Å². The van der Waals surface area contributed by atoms with Gasteiger partial charge in [0.15, 0.2) is 5.13 Å². The number of aromatic nitrogens is 2. The molecule has 0 unspecified atom stereocenters. The monoisotopic (exact) mass is 420 g/mol. The number of carbonyl (C=O) groups is 2. The fourth-order valence-corrected chi connectivity index (χ4v) is 4.44. The van der Waals surface area contributed by atoms with Crippen molar-refractivity contribution in [3.05, 3.63) is 40.7 Å². The number of anilines is 1. The minimum Gasteiger partial charge on any atom is -0.444 e. The number of carbonyl (C=O) groups excluding carboxylic acids is 2. The van der Waals surface area contributed by atoms with Crippen LogP contribution in [-0.4, -0.2) is 44.8 Å². The van der Waals surface area contributed by atoms with E-state index in [1.54, 1.807) is 17.3 Å². The fraction of sp³-hybridized carbons (Fsp3) is 0.474. The topological polar surface area (TPSA) is 84.4 Å². The summed E-state index contributed by atoms with van der Waals surface area (Å²) in [6, 6.07) is 3.87. The third-order valence-corrected chi connectivity index (χ3v) is 5.86. The molecule has 0 spiro atoms. The van der Waals surface area contributed by atoms with Gasteiger partial charge in [-0.05, 0) is 32.4 Å². The summed E-state index contributed by atoms with van der Waals surface area (Å²) in [6.07, 6.45) is 3.88. The second kappa shape index (κ2) is 8.91. The van der Waals surface area contributed by atoms with Gasteiger partial charge in [-0.2, -0.15) is 0 Å². The Morgan fingerprint density at radius 1 is 1.39 bits per heavy atom. The van der Waals surface area contributed by atoms with Gasteiger partial charge in [-0.3, -0.25) is 9.78 Å². The summed E-state index contributed by atoms with van der Waals surface area (Å²) in [7, 11) is 0. The van der Waals surface area contributed by atoms with E-state index in [1.165, 1.54) is 23.1 Å². The van der Waals surface area contributed by atoms with Crippen LogP contribution in [0, 0.1) is 0 Å². The van der Waals surface area contributed by atoms with Crippen LogP contribution in [0.1, 0.15) is 36.9 Å². The molecule has 7 nitrogen and oxygen atoms in total. The molecule has 2 aromatic rings. The SMILES string of the molecule is CC(C)(C)OC(=O)N1CCc2nc(NC(=O)CSCc3cccnc3)sc2C1. The molecule has 28 heavy (non-hydrogen) atoms. The molecule has 0 fully saturated rings. The zero-order chi connectivity index (χ0) is 20.1. The maximum atomic E-state index is 12.3. The summed E-state index contributed by atoms with van der Waals surface area (Å²) < 4.78 is 5.44. The first-order valence-electron chi connectivity index (χ1n) is 9.03. The first kappa shape index (κ1) is 20.6. The van der Waals surface area contributed by atoms with Crippen LogP contribution in [0.15, 0.2) is 24.5 Å². The van der Waals surface area contributed by atoms with Crippen LogP contribution in [0.5, 0.6) is 0 Å². The van der Waals surface area contributed by atoms with Crippen molar-refractivity contribution in [2.45, 2.75) is 45.1 Å². The number of thioether (sulfide) groups is 1. The Hall–Kier alpha value is -2.13. The van der Waals surface area contributed by atoms with Crippen LogP contribution < -0.4 is 5.32 Å². The number of rotatable bonds is 5. The predicted molar refractivity (Wildman–Crippen MR) is 111 cm³/mol. The number of hydrogen-bond donors (Lipinski definition) is 1. The van der Waals surface area contributed by atoms with Crippen molar-refractivity contribution in [2.24, 2.45) is 0 Å². The number of hydrogen-bond acceptors (Lipinski definition) is 7. The van der Waals surface area contributed by atoms with Gasteiger partial charge in [0.05, 0.1) is 18.0 Å². The highest BCUT2D eigenvalue weighted by atomic mass is 32.2. The van der Waals surface area contributed by atoms with E-state index in [0.717, 1.165) is 21.9 Å². The summed E-state index contributed by atoms with van der Waals surface area (Å²) >= 11 is 2.95. The molecule has 150 valence electrons. The molecule has 0 aliphatic carbocycles. The van der Waals surface area contributed by atoms with E-state index in [2.05, 4.69) is 15.3 Å². The molecule has 0 aromatic carbocycles. The minimum absolute atomic E-state index is 0.0796. The highest BCUT2D eigenvalue weighted by molar-refractivity contribution is 7.99. The lowest BCUT2D eigenvalue weighted by atomic mass is 10.2. The number of fused-ring (bicyclic) bond motifs is 1. The van der Waals surface area contributed by atoms with Crippen LogP contribution >= 0.6 is 23.1 Å². The second-order valence-electron chi connectivity index (χ2n) is 7.44. The minimum atomic E-state index is -0.516. The summed E-state index contributed by atoms with van der Waals surface area (Å²) in [4.78, 5) is 35.7. The first-order chi connectivity index (χ1) is 13.3. The number of thiazole rings is 1. The molecule has 0 bridgehead atoms. The number of nitrogens with zero attached hydrogens (tertiary/aromatic N) is 3. The van der Waals surface area contributed by atoms with E-state index in [9.17, 15) is 9.59 Å². The molecule has 2 aromatic heterocycles. The van der Waals surface area contributed by atoms with Crippen molar-refractivity contribution < 1.29 is 14.3 Å². The van der Waals surface area contributed by atoms with Crippen molar-refractivity contribution in [1.29, 1.82) is 0 Å². The Morgan fingerprint density at radius 2 is 2.21 bits per heavy atom. The van der Waals surface area contributed by atoms with Crippen molar-refractivity contribution in [3.63, 3.8) is 0 Å². The standard InChI is InChI=1S/C19H24N4O3S2/c1-19(2,3)26-18(25)23-8-6-14-15(10-23)28-17(21-14)22-16(24)12-27-11-13-5-4-7-20-9-13/h4-5,7,9H,6,8,10-12H2,1-3H3,(H,21,22,24). The van der Waals surface area contributed by atoms with Gasteiger partial charge in [0.2, 0.25) is 5.91 Å². The molecule has 0 radical (unpaired) electrons. The van der Waals surface area contributed by atoms with E-state index in [1.807, 2.05) is 32.9 Å². The summed E-state index contributed by atoms with van der Waals surface area (Å²) in [5, 5.41) is 3.45. The van der Waals surface area contributed by atoms with Gasteiger partial charge in [0.25, 0.3) is 0 Å². The van der Waals surface area contributed by atoms with Crippen LogP contribution in [-0.2, 0) is 28.2 Å². The van der Waals surface area contributed by atoms with Gasteiger partial charge >= 0.3 is 6.09 Å². The Balaban J connectivity index is 1.49. The number of amides is 2. The fourth-order valence-electron chi connectivity index (χ4n) is 2.63. The number of ether oxygens (including phenoxy) is 1. The Bertz CT molecular complexity index is 833. The summed E-state index contributed by atoms with van der Waals surface area (Å²) in [5.41, 5.74) is 1.52. The Labute approximate surface area is 172 Å². The highest BCUT2D eigenvalue weighted by Gasteiger charge is 2.28. The largest absolute Gasteiger partial charge is 0.444 e. The quantitative estimate of drug-likeness (QED) is 0.794. The third kappa shape index (κ3) is 5.93. The van der Waals surface area contributed by atoms with E-state index < -0.39 is 5.60 Å². The molecule has 2 amide bonds. The lowest BCUT2D eigenvalue weighted by Crippen LogP contribution is -2.39. The molecular weight excluding hydrogens is 396 g/mol. The zero-order valence-corrected chi connectivity index (χ0v) is 17.9. The molecule has 9 heteroatoms. The van der Waals surface area contributed by atoms with Crippen LogP contribution in [0.4, 0.5) is 9.93 Å². The average Bonchev–Trinajstić information content (AvgIpc) is 3.02. The van der Waals surface area contributed by atoms with Crippen molar-refractivity contribution >= 4 is 40.2 Å². The Morgan fingerprint density at radius 3 is 2.93 bits per heavy atom. The van der Waals surface area contributed by atoms with Crippen molar-refractivity contribution in [1.82, 2.24) is 14.9 Å². The summed E-state index contributed by atoms with van der Waals surface area (Å²) in [6.45, 7) is 6.60. The molecule has 1 aliphatic heterocycles. The second-order valence-corrected chi connectivity index (χ2v) is 9.51. The number of pyridine rings is 1. The predicted octanol–water partition coefficient (Wildman–Crippen LogP) is 3.70. The number of nitrogens with one attached hydrogen (secondary N) is 1. The van der Waals surface area contributed by atoms with E-state index in [0.29, 0.717) is 30.4 Å². The maximum Gasteiger partial charge on any atom is 0.410 e. The van der Waals surface area contributed by atoms with Gasteiger partial charge in [-0.15, -0.1) is 11.8 Å². The van der Waals surface area contributed by atoms with Gasteiger partial charge < -0.3 is 15.0 Å². The molecule has 0 saturated heterocycles. The lowest BCUT2D eigenvalue weighted by molar-refractivity contribution is -0.113. The average molecular weight is 421 g/mol. The maximum absolute atomic E-state index is 12.3. The van der Waals surface area contributed by atoms with Gasteiger partial charge in [-0.25, -0.2) is 9.78 Å². The Kier molecular flexibility index (Phi) is 6.56. The highest BCUT2D eigenvalue weighted by Crippen LogP contribution is 2.29. The molecule has 1 aliphatic rings. The first-order valence-corrected chi connectivity index (χ1v) is 11.0. The smallest absolute Gasteiger partial charge is 0.410 e. The van der Waals surface area contributed by atoms with Crippen molar-refractivity contribution in [2.75, 3.05) is 17.6 Å². The van der Waals surface area contributed by atoms with Gasteiger partial charge in [0, 0.05) is 36.0 Å². The third-order valence-electron chi connectivity index (χ3n) is 3.85. The lowest BCUT2D eigenvalue weighted by Gasteiger charge is -2.29. The molecule has 0 atom stereocenters. The summed E-state index contributed by atoms with van der Waals surface area (Å²) in [5.74, 6) is 1.01. The normalized spacial score (nSPS) is 13.8. The zero-order valence-electron chi connectivity index (χ0n) is 16.2. The molecule has 0 saturated carbocycles. The molecule has 1 N–H and O–H groups in total. The van der Waals surface area contributed by atoms with Crippen molar-refractivity contribution in [3.8, 4) is 0 Å². The van der Waals surface area contributed by atoms with E-state index in [-0.39, 0.29) is 12.0 Å². The van der Waals surface area contributed by atoms with Gasteiger partial charge in [0.1, 0.15) is 5.60 Å². The molecule has 3 rings (SSSR count). The molecule has 3 heterocycles. The molecular formula is C19H24N4O3S2. The van der Waals surface area contributed by atoms with E-state index in [4.69, 9.17) is 4.74 Å². The van der Waals surface area contributed by atoms with Crippen LogP contribution in [0.3, 0.4) is 0 Å².